The molecule has 0 bridgehead atoms. The van der Waals surface area contributed by atoms with Crippen LogP contribution in [0.2, 0.25) is 5.02 Å². The molecule has 0 radical (unpaired) electrons. The van der Waals surface area contributed by atoms with Crippen molar-refractivity contribution in [1.29, 1.82) is 0 Å². The van der Waals surface area contributed by atoms with E-state index in [9.17, 15) is 14.7 Å². The van der Waals surface area contributed by atoms with Crippen LogP contribution in [0.5, 0.6) is 5.75 Å². The Morgan fingerprint density at radius 3 is 2.14 bits per heavy atom. The minimum absolute atomic E-state index is 0.112. The number of rotatable bonds is 5. The van der Waals surface area contributed by atoms with E-state index in [0.29, 0.717) is 22.0 Å². The number of aromatic hydroxyl groups is 1. The summed E-state index contributed by atoms with van der Waals surface area (Å²) in [7, 11) is 0. The van der Waals surface area contributed by atoms with Crippen LogP contribution in [0.15, 0.2) is 77.9 Å². The lowest BCUT2D eigenvalue weighted by atomic mass is 10.1. The molecule has 3 N–H and O–H groups in total. The minimum Gasteiger partial charge on any atom is -0.507 e. The lowest BCUT2D eigenvalue weighted by Gasteiger charge is -2.07. The largest absolute Gasteiger partial charge is 0.507 e. The van der Waals surface area contributed by atoms with Crippen LogP contribution in [0.3, 0.4) is 0 Å². The summed E-state index contributed by atoms with van der Waals surface area (Å²) in [4.78, 5) is 24.3. The van der Waals surface area contributed by atoms with Crippen molar-refractivity contribution in [3.8, 4) is 5.75 Å². The third kappa shape index (κ3) is 5.21. The third-order valence-electron chi connectivity index (χ3n) is 4.14. The first-order chi connectivity index (χ1) is 13.9. The lowest BCUT2D eigenvalue weighted by Crippen LogP contribution is -2.19. The maximum absolute atomic E-state index is 12.2. The van der Waals surface area contributed by atoms with Crippen molar-refractivity contribution in [3.63, 3.8) is 0 Å². The van der Waals surface area contributed by atoms with Gasteiger partial charge in [0.25, 0.3) is 11.8 Å². The summed E-state index contributed by atoms with van der Waals surface area (Å²) in [5.41, 5.74) is 5.03. The number of halogens is 1. The van der Waals surface area contributed by atoms with Gasteiger partial charge in [0, 0.05) is 16.3 Å². The van der Waals surface area contributed by atoms with Crippen LogP contribution in [-0.4, -0.2) is 22.6 Å². The summed E-state index contributed by atoms with van der Waals surface area (Å²) in [6, 6.07) is 19.9. The van der Waals surface area contributed by atoms with Crippen LogP contribution in [0, 0.1) is 0 Å². The molecule has 0 aliphatic carbocycles. The number of benzene rings is 3. The normalized spacial score (nSPS) is 11.0. The highest BCUT2D eigenvalue weighted by molar-refractivity contribution is 6.30. The first kappa shape index (κ1) is 20.1. The molecule has 146 valence electrons. The molecule has 0 fully saturated rings. The van der Waals surface area contributed by atoms with Crippen molar-refractivity contribution in [2.45, 2.75) is 6.92 Å². The quantitative estimate of drug-likeness (QED) is 0.431. The van der Waals surface area contributed by atoms with Gasteiger partial charge in [-0.15, -0.1) is 0 Å². The number of hydrogen-bond donors (Lipinski definition) is 3. The third-order valence-corrected chi connectivity index (χ3v) is 4.39. The van der Waals surface area contributed by atoms with Crippen LogP contribution in [0.4, 0.5) is 5.69 Å². The van der Waals surface area contributed by atoms with E-state index in [2.05, 4.69) is 15.8 Å². The lowest BCUT2D eigenvalue weighted by molar-refractivity contribution is 0.0951. The van der Waals surface area contributed by atoms with Crippen LogP contribution >= 0.6 is 11.6 Å². The number of carbonyl (C=O) groups excluding carboxylic acids is 2. The number of nitrogens with zero attached hydrogens (tertiary/aromatic N) is 1. The smallest absolute Gasteiger partial charge is 0.275 e. The number of para-hydroxylation sites is 1. The number of hydrogen-bond acceptors (Lipinski definition) is 4. The minimum atomic E-state index is -0.505. The molecule has 0 saturated carbocycles. The number of nitrogens with one attached hydrogen (secondary N) is 2. The summed E-state index contributed by atoms with van der Waals surface area (Å²) in [6.45, 7) is 1.74. The van der Waals surface area contributed by atoms with E-state index in [1.165, 1.54) is 12.1 Å². The van der Waals surface area contributed by atoms with Gasteiger partial charge in [-0.2, -0.15) is 5.10 Å². The molecule has 0 atom stereocenters. The summed E-state index contributed by atoms with van der Waals surface area (Å²) in [5.74, 6) is -0.859. The molecular formula is C22H18ClN3O3. The predicted molar refractivity (Wildman–Crippen MR) is 114 cm³/mol. The fourth-order valence-corrected chi connectivity index (χ4v) is 2.65. The van der Waals surface area contributed by atoms with Gasteiger partial charge in [-0.3, -0.25) is 9.59 Å². The Bertz CT molecular complexity index is 1060. The molecular weight excluding hydrogens is 390 g/mol. The first-order valence-electron chi connectivity index (χ1n) is 8.74. The predicted octanol–water partition coefficient (Wildman–Crippen LogP) is 4.45. The molecule has 2 amide bonds. The Morgan fingerprint density at radius 1 is 0.862 bits per heavy atom. The summed E-state index contributed by atoms with van der Waals surface area (Å²) < 4.78 is 0. The van der Waals surface area contributed by atoms with Gasteiger partial charge < -0.3 is 10.4 Å². The molecule has 3 aromatic carbocycles. The number of carbonyl (C=O) groups is 2. The maximum atomic E-state index is 12.2. The number of anilines is 1. The fraction of sp³-hybridized carbons (Fsp3) is 0.0455. The molecule has 0 aliphatic heterocycles. The zero-order valence-electron chi connectivity index (χ0n) is 15.5. The summed E-state index contributed by atoms with van der Waals surface area (Å²) >= 11 is 5.83. The highest BCUT2D eigenvalue weighted by Gasteiger charge is 2.10. The second-order valence-corrected chi connectivity index (χ2v) is 6.63. The molecule has 0 unspecified atom stereocenters. The SMILES string of the molecule is C/C(=N/NC(=O)c1ccccc1O)c1ccc(NC(=O)c2ccc(Cl)cc2)cc1. The zero-order valence-corrected chi connectivity index (χ0v) is 16.3. The van der Waals surface area contributed by atoms with E-state index < -0.39 is 5.91 Å². The molecule has 0 spiro atoms. The fourth-order valence-electron chi connectivity index (χ4n) is 2.52. The molecule has 0 aromatic heterocycles. The summed E-state index contributed by atoms with van der Waals surface area (Å²) in [6.07, 6.45) is 0. The van der Waals surface area contributed by atoms with Crippen LogP contribution < -0.4 is 10.7 Å². The first-order valence-corrected chi connectivity index (χ1v) is 9.12. The van der Waals surface area contributed by atoms with Gasteiger partial charge in [-0.05, 0) is 61.0 Å². The van der Waals surface area contributed by atoms with Gasteiger partial charge in [-0.1, -0.05) is 35.9 Å². The molecule has 3 aromatic rings. The van der Waals surface area contributed by atoms with Crippen molar-refractivity contribution >= 4 is 34.8 Å². The van der Waals surface area contributed by atoms with Crippen LogP contribution in [0.25, 0.3) is 0 Å². The van der Waals surface area contributed by atoms with Crippen molar-refractivity contribution in [3.05, 3.63) is 94.5 Å². The van der Waals surface area contributed by atoms with Crippen LogP contribution in [0.1, 0.15) is 33.2 Å². The Labute approximate surface area is 172 Å². The topological polar surface area (TPSA) is 90.8 Å². The Morgan fingerprint density at radius 2 is 1.48 bits per heavy atom. The highest BCUT2D eigenvalue weighted by Crippen LogP contribution is 2.16. The zero-order chi connectivity index (χ0) is 20.8. The van der Waals surface area contributed by atoms with Gasteiger partial charge in [-0.25, -0.2) is 5.43 Å². The number of amides is 2. The summed E-state index contributed by atoms with van der Waals surface area (Å²) in [5, 5.41) is 17.1. The maximum Gasteiger partial charge on any atom is 0.275 e. The van der Waals surface area contributed by atoms with Crippen molar-refractivity contribution in [2.24, 2.45) is 5.10 Å². The molecule has 29 heavy (non-hydrogen) atoms. The van der Waals surface area contributed by atoms with E-state index in [-0.39, 0.29) is 17.2 Å². The van der Waals surface area contributed by atoms with Gasteiger partial charge in [0.1, 0.15) is 5.75 Å². The molecule has 3 rings (SSSR count). The van der Waals surface area contributed by atoms with Gasteiger partial charge in [0.15, 0.2) is 0 Å². The molecule has 0 saturated heterocycles. The van der Waals surface area contributed by atoms with Gasteiger partial charge >= 0.3 is 0 Å². The number of hydrazone groups is 1. The Hall–Kier alpha value is -3.64. The van der Waals surface area contributed by atoms with E-state index in [1.807, 2.05) is 0 Å². The molecule has 6 nitrogen and oxygen atoms in total. The second kappa shape index (κ2) is 9.03. The van der Waals surface area contributed by atoms with Crippen LogP contribution in [-0.2, 0) is 0 Å². The van der Waals surface area contributed by atoms with Gasteiger partial charge in [0.2, 0.25) is 0 Å². The molecule has 0 heterocycles. The average Bonchev–Trinajstić information content (AvgIpc) is 2.73. The number of phenolic OH excluding ortho intramolecular Hbond substituents is 1. The Balaban J connectivity index is 1.63. The average molecular weight is 408 g/mol. The van der Waals surface area contributed by atoms with Crippen molar-refractivity contribution < 1.29 is 14.7 Å². The molecule has 7 heteroatoms. The Kier molecular flexibility index (Phi) is 6.26. The van der Waals surface area contributed by atoms with Crippen molar-refractivity contribution in [1.82, 2.24) is 5.43 Å². The van der Waals surface area contributed by atoms with E-state index >= 15 is 0 Å². The van der Waals surface area contributed by atoms with E-state index in [0.717, 1.165) is 5.56 Å². The van der Waals surface area contributed by atoms with E-state index in [1.54, 1.807) is 67.6 Å². The highest BCUT2D eigenvalue weighted by atomic mass is 35.5. The van der Waals surface area contributed by atoms with Gasteiger partial charge in [0.05, 0.1) is 11.3 Å². The van der Waals surface area contributed by atoms with E-state index in [4.69, 9.17) is 11.6 Å². The number of phenols is 1. The standard InChI is InChI=1S/C22H18ClN3O3/c1-14(25-26-22(29)19-4-2-3-5-20(19)27)15-8-12-18(13-9-15)24-21(28)16-6-10-17(23)11-7-16/h2-13,27H,1H3,(H,24,28)(H,26,29)/b25-14-. The molecule has 0 aliphatic rings. The monoisotopic (exact) mass is 407 g/mol. The van der Waals surface area contributed by atoms with Crippen molar-refractivity contribution in [2.75, 3.05) is 5.32 Å². The second-order valence-electron chi connectivity index (χ2n) is 6.19.